The Morgan fingerprint density at radius 1 is 1.50 bits per heavy atom. The van der Waals surface area contributed by atoms with Crippen molar-refractivity contribution in [2.75, 3.05) is 18.4 Å². The Balaban J connectivity index is 1.84. The van der Waals surface area contributed by atoms with Crippen molar-refractivity contribution in [3.63, 3.8) is 0 Å². The number of aryl methyl sites for hydroxylation is 1. The summed E-state index contributed by atoms with van der Waals surface area (Å²) >= 11 is 0. The summed E-state index contributed by atoms with van der Waals surface area (Å²) in [6.07, 6.45) is 4.24. The van der Waals surface area contributed by atoms with Gasteiger partial charge in [-0.3, -0.25) is 9.69 Å². The molecule has 1 aromatic rings. The number of nitrogens with zero attached hydrogens (tertiary/aromatic N) is 2. The van der Waals surface area contributed by atoms with E-state index in [1.807, 2.05) is 0 Å². The van der Waals surface area contributed by atoms with Crippen LogP contribution in [0.2, 0.25) is 0 Å². The van der Waals surface area contributed by atoms with Gasteiger partial charge in [0.1, 0.15) is 5.76 Å². The second-order valence-corrected chi connectivity index (χ2v) is 5.50. The molecule has 0 aromatic carbocycles. The highest BCUT2D eigenvalue weighted by Crippen LogP contribution is 2.22. The molecule has 1 fully saturated rings. The molecule has 0 unspecified atom stereocenters. The number of carbonyl (C=O) groups excluding carboxylic acids is 1. The van der Waals surface area contributed by atoms with Gasteiger partial charge in [0.25, 0.3) is 0 Å². The smallest absolute Gasteiger partial charge is 0.239 e. The van der Waals surface area contributed by atoms with Crippen molar-refractivity contribution in [3.8, 4) is 0 Å². The van der Waals surface area contributed by atoms with E-state index in [4.69, 9.17) is 10.3 Å². The van der Waals surface area contributed by atoms with Crippen molar-refractivity contribution in [2.45, 2.75) is 51.6 Å². The molecule has 1 aliphatic carbocycles. The monoisotopic (exact) mass is 280 g/mol. The van der Waals surface area contributed by atoms with Crippen LogP contribution in [-0.2, 0) is 4.79 Å². The average molecular weight is 280 g/mol. The molecular formula is C14H24N4O2. The lowest BCUT2D eigenvalue weighted by atomic mass is 9.91. The van der Waals surface area contributed by atoms with Gasteiger partial charge in [-0.25, -0.2) is 0 Å². The van der Waals surface area contributed by atoms with Crippen LogP contribution in [-0.4, -0.2) is 41.1 Å². The van der Waals surface area contributed by atoms with Crippen LogP contribution in [0.15, 0.2) is 10.6 Å². The fourth-order valence-corrected chi connectivity index (χ4v) is 2.76. The van der Waals surface area contributed by atoms with Crippen LogP contribution in [0.25, 0.3) is 0 Å². The molecule has 6 nitrogen and oxygen atoms in total. The van der Waals surface area contributed by atoms with E-state index < -0.39 is 0 Å². The number of anilines is 1. The molecule has 0 bridgehead atoms. The SMILES string of the molecule is CCN(CC(=O)Nc1cc(C)on1)C1CCC(N)CC1. The van der Waals surface area contributed by atoms with Crippen molar-refractivity contribution < 1.29 is 9.32 Å². The molecule has 0 radical (unpaired) electrons. The first-order chi connectivity index (χ1) is 9.58. The third-order valence-corrected chi connectivity index (χ3v) is 3.91. The summed E-state index contributed by atoms with van der Waals surface area (Å²) in [5, 5.41) is 6.53. The maximum absolute atomic E-state index is 12.0. The zero-order valence-electron chi connectivity index (χ0n) is 12.3. The number of nitrogens with two attached hydrogens (primary N) is 1. The third-order valence-electron chi connectivity index (χ3n) is 3.91. The average Bonchev–Trinajstić information content (AvgIpc) is 2.82. The molecule has 1 aromatic heterocycles. The van der Waals surface area contributed by atoms with E-state index in [0.29, 0.717) is 30.2 Å². The molecule has 0 spiro atoms. The molecule has 2 rings (SSSR count). The number of aromatic nitrogens is 1. The van der Waals surface area contributed by atoms with Gasteiger partial charge < -0.3 is 15.6 Å². The lowest BCUT2D eigenvalue weighted by molar-refractivity contribution is -0.118. The van der Waals surface area contributed by atoms with Gasteiger partial charge in [0, 0.05) is 18.2 Å². The Bertz CT molecular complexity index is 438. The van der Waals surface area contributed by atoms with Crippen molar-refractivity contribution in [1.29, 1.82) is 0 Å². The number of hydrogen-bond acceptors (Lipinski definition) is 5. The first-order valence-electron chi connectivity index (χ1n) is 7.31. The molecule has 20 heavy (non-hydrogen) atoms. The van der Waals surface area contributed by atoms with E-state index in [2.05, 4.69) is 22.3 Å². The Labute approximate surface area is 119 Å². The highest BCUT2D eigenvalue weighted by Gasteiger charge is 2.24. The molecule has 0 saturated heterocycles. The van der Waals surface area contributed by atoms with E-state index >= 15 is 0 Å². The van der Waals surface area contributed by atoms with Crippen molar-refractivity contribution >= 4 is 11.7 Å². The minimum absolute atomic E-state index is 0.0463. The predicted octanol–water partition coefficient (Wildman–Crippen LogP) is 1.51. The largest absolute Gasteiger partial charge is 0.360 e. The van der Waals surface area contributed by atoms with E-state index in [1.54, 1.807) is 13.0 Å². The summed E-state index contributed by atoms with van der Waals surface area (Å²) in [7, 11) is 0. The maximum atomic E-state index is 12.0. The third kappa shape index (κ3) is 4.05. The van der Waals surface area contributed by atoms with Gasteiger partial charge in [-0.2, -0.15) is 0 Å². The molecule has 112 valence electrons. The molecular weight excluding hydrogens is 256 g/mol. The Hall–Kier alpha value is -1.40. The molecule has 0 atom stereocenters. The van der Waals surface area contributed by atoms with Gasteiger partial charge in [-0.05, 0) is 39.2 Å². The van der Waals surface area contributed by atoms with E-state index in [-0.39, 0.29) is 5.91 Å². The lowest BCUT2D eigenvalue weighted by Gasteiger charge is -2.34. The molecule has 1 aliphatic rings. The number of amides is 1. The second-order valence-electron chi connectivity index (χ2n) is 5.50. The van der Waals surface area contributed by atoms with Crippen LogP contribution >= 0.6 is 0 Å². The van der Waals surface area contributed by atoms with Gasteiger partial charge in [-0.15, -0.1) is 0 Å². The second kappa shape index (κ2) is 6.85. The highest BCUT2D eigenvalue weighted by atomic mass is 16.5. The minimum Gasteiger partial charge on any atom is -0.360 e. The van der Waals surface area contributed by atoms with Crippen molar-refractivity contribution in [2.24, 2.45) is 5.73 Å². The van der Waals surface area contributed by atoms with Gasteiger partial charge >= 0.3 is 0 Å². The molecule has 1 saturated carbocycles. The fourth-order valence-electron chi connectivity index (χ4n) is 2.76. The lowest BCUT2D eigenvalue weighted by Crippen LogP contribution is -2.44. The minimum atomic E-state index is -0.0463. The highest BCUT2D eigenvalue weighted by molar-refractivity contribution is 5.91. The first kappa shape index (κ1) is 15.0. The van der Waals surface area contributed by atoms with Gasteiger partial charge in [0.2, 0.25) is 5.91 Å². The van der Waals surface area contributed by atoms with Crippen molar-refractivity contribution in [3.05, 3.63) is 11.8 Å². The Kier molecular flexibility index (Phi) is 5.14. The Morgan fingerprint density at radius 2 is 2.20 bits per heavy atom. The van der Waals surface area contributed by atoms with Gasteiger partial charge in [0.05, 0.1) is 6.54 Å². The number of rotatable bonds is 5. The number of nitrogens with one attached hydrogen (secondary N) is 1. The van der Waals surface area contributed by atoms with Crippen LogP contribution in [0.1, 0.15) is 38.4 Å². The van der Waals surface area contributed by atoms with Crippen LogP contribution < -0.4 is 11.1 Å². The van der Waals surface area contributed by atoms with Gasteiger partial charge in [-0.1, -0.05) is 12.1 Å². The summed E-state index contributed by atoms with van der Waals surface area (Å²) in [5.74, 6) is 1.12. The zero-order chi connectivity index (χ0) is 14.5. The topological polar surface area (TPSA) is 84.4 Å². The van der Waals surface area contributed by atoms with E-state index in [9.17, 15) is 4.79 Å². The van der Waals surface area contributed by atoms with Crippen LogP contribution in [0.4, 0.5) is 5.82 Å². The van der Waals surface area contributed by atoms with Crippen LogP contribution in [0.5, 0.6) is 0 Å². The number of hydrogen-bond donors (Lipinski definition) is 2. The summed E-state index contributed by atoms with van der Waals surface area (Å²) in [6, 6.07) is 2.51. The number of likely N-dealkylation sites (N-methyl/N-ethyl adjacent to an activating group) is 1. The zero-order valence-corrected chi connectivity index (χ0v) is 12.3. The maximum Gasteiger partial charge on any atom is 0.239 e. The number of carbonyl (C=O) groups is 1. The first-order valence-corrected chi connectivity index (χ1v) is 7.31. The van der Waals surface area contributed by atoms with Gasteiger partial charge in [0.15, 0.2) is 5.82 Å². The standard InChI is InChI=1S/C14H24N4O2/c1-3-18(12-6-4-11(15)5-7-12)9-14(19)16-13-8-10(2)20-17-13/h8,11-12H,3-7,9,15H2,1-2H3,(H,16,17,19). The summed E-state index contributed by atoms with van der Waals surface area (Å²) in [5.41, 5.74) is 5.93. The summed E-state index contributed by atoms with van der Waals surface area (Å²) in [6.45, 7) is 5.14. The molecule has 1 heterocycles. The van der Waals surface area contributed by atoms with Crippen molar-refractivity contribution in [1.82, 2.24) is 10.1 Å². The fraction of sp³-hybridized carbons (Fsp3) is 0.714. The summed E-state index contributed by atoms with van der Waals surface area (Å²) in [4.78, 5) is 14.3. The van der Waals surface area contributed by atoms with Crippen LogP contribution in [0, 0.1) is 6.92 Å². The summed E-state index contributed by atoms with van der Waals surface area (Å²) < 4.78 is 4.93. The van der Waals surface area contributed by atoms with E-state index in [0.717, 1.165) is 32.2 Å². The molecule has 1 amide bonds. The predicted molar refractivity (Wildman–Crippen MR) is 77.3 cm³/mol. The molecule has 0 aliphatic heterocycles. The molecule has 6 heteroatoms. The van der Waals surface area contributed by atoms with Crippen LogP contribution in [0.3, 0.4) is 0 Å². The van der Waals surface area contributed by atoms with E-state index in [1.165, 1.54) is 0 Å². The Morgan fingerprint density at radius 3 is 2.75 bits per heavy atom. The molecule has 3 N–H and O–H groups in total. The normalized spacial score (nSPS) is 23.0. The quantitative estimate of drug-likeness (QED) is 0.854.